The molecule has 1 amide bonds. The van der Waals surface area contributed by atoms with Gasteiger partial charge in [-0.15, -0.1) is 0 Å². The third kappa shape index (κ3) is 3.42. The lowest BCUT2D eigenvalue weighted by molar-refractivity contribution is 0.0724. The summed E-state index contributed by atoms with van der Waals surface area (Å²) in [5, 5.41) is 16.0. The fourth-order valence-corrected chi connectivity index (χ4v) is 3.16. The molecule has 1 fully saturated rings. The van der Waals surface area contributed by atoms with Gasteiger partial charge in [0.1, 0.15) is 5.82 Å². The summed E-state index contributed by atoms with van der Waals surface area (Å²) in [4.78, 5) is 19.1. The van der Waals surface area contributed by atoms with Crippen molar-refractivity contribution in [2.75, 3.05) is 13.2 Å². The minimum Gasteiger partial charge on any atom is -0.396 e. The number of hydrogen-bond acceptors (Lipinski definition) is 4. The van der Waals surface area contributed by atoms with Crippen molar-refractivity contribution in [3.8, 4) is 11.4 Å². The fourth-order valence-electron chi connectivity index (χ4n) is 3.16. The van der Waals surface area contributed by atoms with Gasteiger partial charge in [0, 0.05) is 30.3 Å². The third-order valence-corrected chi connectivity index (χ3v) is 4.30. The number of hydrogen-bond donors (Lipinski definition) is 2. The van der Waals surface area contributed by atoms with Crippen LogP contribution in [0.4, 0.5) is 0 Å². The van der Waals surface area contributed by atoms with Gasteiger partial charge < -0.3 is 10.0 Å². The molecule has 6 nitrogen and oxygen atoms in total. The lowest BCUT2D eigenvalue weighted by atomic mass is 10.1. The summed E-state index contributed by atoms with van der Waals surface area (Å²) in [5.74, 6) is 1.41. The monoisotopic (exact) mass is 314 g/mol. The zero-order chi connectivity index (χ0) is 16.2. The van der Waals surface area contributed by atoms with E-state index in [2.05, 4.69) is 15.2 Å². The number of likely N-dealkylation sites (tertiary alicyclic amines) is 1. The van der Waals surface area contributed by atoms with E-state index in [1.54, 1.807) is 0 Å². The summed E-state index contributed by atoms with van der Waals surface area (Å²) < 4.78 is 0. The minimum absolute atomic E-state index is 0.0551. The fraction of sp³-hybridized carbons (Fsp3) is 0.471. The number of nitrogens with zero attached hydrogens (tertiary/aromatic N) is 3. The Labute approximate surface area is 135 Å². The highest BCUT2D eigenvalue weighted by Gasteiger charge is 2.29. The van der Waals surface area contributed by atoms with Gasteiger partial charge in [0.15, 0.2) is 5.82 Å². The molecule has 1 saturated heterocycles. The van der Waals surface area contributed by atoms with Crippen LogP contribution in [-0.4, -0.2) is 50.3 Å². The predicted molar refractivity (Wildman–Crippen MR) is 86.9 cm³/mol. The van der Waals surface area contributed by atoms with E-state index in [1.807, 2.05) is 36.1 Å². The van der Waals surface area contributed by atoms with Crippen molar-refractivity contribution in [1.82, 2.24) is 20.1 Å². The maximum Gasteiger partial charge on any atom is 0.254 e. The minimum atomic E-state index is 0.0551. The number of H-pyrrole nitrogens is 1. The number of rotatable bonds is 5. The second kappa shape index (κ2) is 6.91. The summed E-state index contributed by atoms with van der Waals surface area (Å²) in [6, 6.07) is 7.71. The van der Waals surface area contributed by atoms with E-state index in [9.17, 15) is 4.79 Å². The Balaban J connectivity index is 1.79. The van der Waals surface area contributed by atoms with Gasteiger partial charge in [-0.2, -0.15) is 5.10 Å². The van der Waals surface area contributed by atoms with E-state index in [0.29, 0.717) is 11.4 Å². The number of carbonyl (C=O) groups excluding carboxylic acids is 1. The van der Waals surface area contributed by atoms with Gasteiger partial charge in [0.2, 0.25) is 0 Å². The first kappa shape index (κ1) is 15.7. The average Bonchev–Trinajstić information content (AvgIpc) is 3.21. The van der Waals surface area contributed by atoms with Crippen LogP contribution in [0, 0.1) is 6.92 Å². The molecule has 1 atom stereocenters. The molecule has 1 unspecified atom stereocenters. The zero-order valence-corrected chi connectivity index (χ0v) is 13.3. The maximum absolute atomic E-state index is 12.8. The topological polar surface area (TPSA) is 82.1 Å². The maximum atomic E-state index is 12.8. The van der Waals surface area contributed by atoms with Crippen LogP contribution in [0.3, 0.4) is 0 Å². The van der Waals surface area contributed by atoms with E-state index < -0.39 is 0 Å². The van der Waals surface area contributed by atoms with Gasteiger partial charge in [0.05, 0.1) is 0 Å². The van der Waals surface area contributed by atoms with Crippen LogP contribution in [0.5, 0.6) is 0 Å². The lowest BCUT2D eigenvalue weighted by Gasteiger charge is -2.24. The molecule has 0 spiro atoms. The summed E-state index contributed by atoms with van der Waals surface area (Å²) in [6.07, 6.45) is 3.65. The van der Waals surface area contributed by atoms with Gasteiger partial charge >= 0.3 is 0 Å². The van der Waals surface area contributed by atoms with E-state index in [0.717, 1.165) is 43.6 Å². The molecule has 1 aromatic heterocycles. The highest BCUT2D eigenvalue weighted by molar-refractivity contribution is 5.95. The van der Waals surface area contributed by atoms with Crippen molar-refractivity contribution < 1.29 is 9.90 Å². The van der Waals surface area contributed by atoms with Crippen molar-refractivity contribution in [2.24, 2.45) is 0 Å². The molecule has 2 aromatic rings. The van der Waals surface area contributed by atoms with Crippen molar-refractivity contribution in [1.29, 1.82) is 0 Å². The van der Waals surface area contributed by atoms with Crippen molar-refractivity contribution in [2.45, 2.75) is 38.6 Å². The molecule has 1 aromatic carbocycles. The first-order chi connectivity index (χ1) is 11.2. The van der Waals surface area contributed by atoms with Gasteiger partial charge in [0.25, 0.3) is 5.91 Å². The van der Waals surface area contributed by atoms with Crippen LogP contribution >= 0.6 is 0 Å². The number of carbonyl (C=O) groups is 1. The number of aryl methyl sites for hydroxylation is 1. The van der Waals surface area contributed by atoms with Crippen LogP contribution in [0.1, 0.15) is 41.9 Å². The van der Waals surface area contributed by atoms with E-state index in [-0.39, 0.29) is 18.6 Å². The number of nitrogens with one attached hydrogen (secondary N) is 1. The molecule has 2 N–H and O–H groups in total. The number of amides is 1. The molecule has 0 bridgehead atoms. The Morgan fingerprint density at radius 2 is 2.35 bits per heavy atom. The van der Waals surface area contributed by atoms with Crippen molar-refractivity contribution in [3.05, 3.63) is 35.7 Å². The Bertz CT molecular complexity index is 683. The van der Waals surface area contributed by atoms with Gasteiger partial charge in [-0.25, -0.2) is 4.98 Å². The van der Waals surface area contributed by atoms with E-state index in [1.165, 1.54) is 0 Å². The Morgan fingerprint density at radius 3 is 3.09 bits per heavy atom. The quantitative estimate of drug-likeness (QED) is 0.886. The van der Waals surface area contributed by atoms with Crippen molar-refractivity contribution in [3.63, 3.8) is 0 Å². The van der Waals surface area contributed by atoms with E-state index in [4.69, 9.17) is 5.11 Å². The number of aliphatic hydroxyl groups is 1. The molecule has 1 aliphatic rings. The number of aliphatic hydroxyl groups excluding tert-OH is 1. The average molecular weight is 314 g/mol. The molecule has 3 rings (SSSR count). The highest BCUT2D eigenvalue weighted by atomic mass is 16.3. The Morgan fingerprint density at radius 1 is 1.48 bits per heavy atom. The van der Waals surface area contributed by atoms with Gasteiger partial charge in [-0.3, -0.25) is 9.89 Å². The predicted octanol–water partition coefficient (Wildman–Crippen LogP) is 2.16. The highest BCUT2D eigenvalue weighted by Crippen LogP contribution is 2.25. The molecule has 1 aliphatic heterocycles. The van der Waals surface area contributed by atoms with E-state index >= 15 is 0 Å². The van der Waals surface area contributed by atoms with Crippen molar-refractivity contribution >= 4 is 5.91 Å². The molecule has 23 heavy (non-hydrogen) atoms. The third-order valence-electron chi connectivity index (χ3n) is 4.30. The number of aromatic amines is 1. The summed E-state index contributed by atoms with van der Waals surface area (Å²) in [5.41, 5.74) is 1.51. The van der Waals surface area contributed by atoms with Crippen LogP contribution in [0.15, 0.2) is 24.3 Å². The summed E-state index contributed by atoms with van der Waals surface area (Å²) in [7, 11) is 0. The normalized spacial score (nSPS) is 17.7. The second-order valence-electron chi connectivity index (χ2n) is 5.99. The molecule has 6 heteroatoms. The molecule has 0 radical (unpaired) electrons. The zero-order valence-electron chi connectivity index (χ0n) is 13.3. The molecule has 2 heterocycles. The smallest absolute Gasteiger partial charge is 0.254 e. The standard InChI is InChI=1S/C17H22N4O2/c1-12-18-16(20-19-12)13-5-2-6-14(11-13)17(23)21-9-3-7-15(21)8-4-10-22/h2,5-6,11,15,22H,3-4,7-10H2,1H3,(H,18,19,20). The first-order valence-corrected chi connectivity index (χ1v) is 8.10. The first-order valence-electron chi connectivity index (χ1n) is 8.10. The second-order valence-corrected chi connectivity index (χ2v) is 5.99. The van der Waals surface area contributed by atoms with Crippen LogP contribution < -0.4 is 0 Å². The molecule has 0 aliphatic carbocycles. The van der Waals surface area contributed by atoms with Gasteiger partial charge in [-0.1, -0.05) is 12.1 Å². The lowest BCUT2D eigenvalue weighted by Crippen LogP contribution is -2.35. The molecule has 0 saturated carbocycles. The molecular weight excluding hydrogens is 292 g/mol. The SMILES string of the molecule is Cc1nc(-c2cccc(C(=O)N3CCCC3CCCO)c2)n[nH]1. The van der Waals surface area contributed by atoms with Gasteiger partial charge in [-0.05, 0) is 44.7 Å². The van der Waals surface area contributed by atoms with Crippen LogP contribution in [-0.2, 0) is 0 Å². The molecular formula is C17H22N4O2. The Hall–Kier alpha value is -2.21. The number of aromatic nitrogens is 3. The number of benzene rings is 1. The van der Waals surface area contributed by atoms with Crippen LogP contribution in [0.2, 0.25) is 0 Å². The Kier molecular flexibility index (Phi) is 4.71. The summed E-state index contributed by atoms with van der Waals surface area (Å²) >= 11 is 0. The molecule has 122 valence electrons. The largest absolute Gasteiger partial charge is 0.396 e. The van der Waals surface area contributed by atoms with Crippen LogP contribution in [0.25, 0.3) is 11.4 Å². The summed E-state index contributed by atoms with van der Waals surface area (Å²) in [6.45, 7) is 2.82.